The molecule has 3 nitrogen and oxygen atoms in total. The quantitative estimate of drug-likeness (QED) is 0.897. The summed E-state index contributed by atoms with van der Waals surface area (Å²) in [5.74, 6) is -0.128. The van der Waals surface area contributed by atoms with Crippen molar-refractivity contribution >= 4 is 5.69 Å². The molecule has 1 heterocycles. The predicted octanol–water partition coefficient (Wildman–Crippen LogP) is 3.11. The Morgan fingerprint density at radius 3 is 2.95 bits per heavy atom. The van der Waals surface area contributed by atoms with E-state index in [9.17, 15) is 4.39 Å². The zero-order valence-corrected chi connectivity index (χ0v) is 12.7. The average Bonchev–Trinajstić information content (AvgIpc) is 2.47. The highest BCUT2D eigenvalue weighted by molar-refractivity contribution is 5.56. The molecular formula is C16H25FN2O. The molecule has 2 rings (SSSR count). The van der Waals surface area contributed by atoms with Crippen molar-refractivity contribution in [3.8, 4) is 0 Å². The lowest BCUT2D eigenvalue weighted by Gasteiger charge is -2.38. The second kappa shape index (κ2) is 7.04. The molecule has 1 saturated heterocycles. The Kier molecular flexibility index (Phi) is 5.38. The predicted molar refractivity (Wildman–Crippen MR) is 80.7 cm³/mol. The Hall–Kier alpha value is -1.13. The first-order valence-electron chi connectivity index (χ1n) is 7.55. The number of nitrogens with one attached hydrogen (secondary N) is 1. The Bertz CT molecular complexity index is 438. The highest BCUT2D eigenvalue weighted by Gasteiger charge is 2.26. The van der Waals surface area contributed by atoms with Gasteiger partial charge in [0.15, 0.2) is 0 Å². The molecule has 0 aromatic heterocycles. The van der Waals surface area contributed by atoms with Crippen molar-refractivity contribution in [2.75, 3.05) is 31.2 Å². The van der Waals surface area contributed by atoms with Gasteiger partial charge >= 0.3 is 0 Å². The van der Waals surface area contributed by atoms with Crippen LogP contribution in [0.3, 0.4) is 0 Å². The van der Waals surface area contributed by atoms with Crippen molar-refractivity contribution in [2.24, 2.45) is 0 Å². The van der Waals surface area contributed by atoms with Crippen molar-refractivity contribution < 1.29 is 9.13 Å². The monoisotopic (exact) mass is 280 g/mol. The first kappa shape index (κ1) is 15.3. The van der Waals surface area contributed by atoms with Crippen molar-refractivity contribution in [2.45, 2.75) is 39.3 Å². The van der Waals surface area contributed by atoms with Crippen LogP contribution in [0.1, 0.15) is 38.8 Å². The molecule has 4 heteroatoms. The van der Waals surface area contributed by atoms with E-state index in [0.717, 1.165) is 37.4 Å². The fraction of sp³-hybridized carbons (Fsp3) is 0.625. The number of anilines is 1. The van der Waals surface area contributed by atoms with Gasteiger partial charge in [-0.1, -0.05) is 19.9 Å². The third-order valence-corrected chi connectivity index (χ3v) is 3.98. The normalized spacial score (nSPS) is 21.0. The van der Waals surface area contributed by atoms with Crippen molar-refractivity contribution in [1.29, 1.82) is 0 Å². The van der Waals surface area contributed by atoms with E-state index in [2.05, 4.69) is 17.1 Å². The molecule has 2 unspecified atom stereocenters. The van der Waals surface area contributed by atoms with Gasteiger partial charge in [0, 0.05) is 23.8 Å². The number of ether oxygens (including phenoxy) is 1. The van der Waals surface area contributed by atoms with Gasteiger partial charge in [-0.3, -0.25) is 0 Å². The summed E-state index contributed by atoms with van der Waals surface area (Å²) in [7, 11) is 0. The van der Waals surface area contributed by atoms with Gasteiger partial charge in [0.2, 0.25) is 0 Å². The molecular weight excluding hydrogens is 255 g/mol. The zero-order valence-electron chi connectivity index (χ0n) is 12.7. The highest BCUT2D eigenvalue weighted by Crippen LogP contribution is 2.31. The van der Waals surface area contributed by atoms with Crippen LogP contribution >= 0.6 is 0 Å². The van der Waals surface area contributed by atoms with Crippen LogP contribution in [0.5, 0.6) is 0 Å². The number of nitrogens with zero attached hydrogens (tertiary/aromatic N) is 1. The average molecular weight is 280 g/mol. The van der Waals surface area contributed by atoms with Crippen LogP contribution in [-0.2, 0) is 4.74 Å². The van der Waals surface area contributed by atoms with Gasteiger partial charge in [0.25, 0.3) is 0 Å². The molecule has 0 amide bonds. The molecule has 20 heavy (non-hydrogen) atoms. The van der Waals surface area contributed by atoms with Crippen LogP contribution in [0.4, 0.5) is 10.1 Å². The minimum Gasteiger partial charge on any atom is -0.377 e. The summed E-state index contributed by atoms with van der Waals surface area (Å²) in [6.45, 7) is 9.31. The zero-order chi connectivity index (χ0) is 14.5. The molecule has 0 spiro atoms. The number of hydrogen-bond donors (Lipinski definition) is 1. The molecule has 1 aromatic rings. The standard InChI is InChI=1S/C16H25FN2O/c1-4-13-11-20-10-9-19(13)15-8-6-7-14(17)16(15)12(3)18-5-2/h6-8,12-13,18H,4-5,9-11H2,1-3H3. The van der Waals surface area contributed by atoms with E-state index in [1.54, 1.807) is 12.1 Å². The van der Waals surface area contributed by atoms with Gasteiger partial charge in [-0.25, -0.2) is 4.39 Å². The lowest BCUT2D eigenvalue weighted by molar-refractivity contribution is 0.0928. The number of benzene rings is 1. The molecule has 2 atom stereocenters. The fourth-order valence-electron chi connectivity index (χ4n) is 2.92. The van der Waals surface area contributed by atoms with Gasteiger partial charge in [0.05, 0.1) is 19.3 Å². The second-order valence-electron chi connectivity index (χ2n) is 5.28. The molecule has 1 aliphatic heterocycles. The van der Waals surface area contributed by atoms with Crippen LogP contribution in [-0.4, -0.2) is 32.3 Å². The lowest BCUT2D eigenvalue weighted by atomic mass is 10.0. The Balaban J connectivity index is 2.36. The summed E-state index contributed by atoms with van der Waals surface area (Å²) in [5, 5.41) is 3.32. The van der Waals surface area contributed by atoms with E-state index < -0.39 is 0 Å². The minimum atomic E-state index is -0.128. The smallest absolute Gasteiger partial charge is 0.130 e. The van der Waals surface area contributed by atoms with Crippen LogP contribution in [0.25, 0.3) is 0 Å². The van der Waals surface area contributed by atoms with E-state index in [1.165, 1.54) is 0 Å². The number of hydrogen-bond acceptors (Lipinski definition) is 3. The molecule has 1 N–H and O–H groups in total. The number of rotatable bonds is 5. The highest BCUT2D eigenvalue weighted by atomic mass is 19.1. The van der Waals surface area contributed by atoms with E-state index in [4.69, 9.17) is 4.74 Å². The SMILES string of the molecule is CCNC(C)c1c(F)cccc1N1CCOCC1CC. The molecule has 0 bridgehead atoms. The molecule has 1 aliphatic rings. The first-order valence-corrected chi connectivity index (χ1v) is 7.55. The lowest BCUT2D eigenvalue weighted by Crippen LogP contribution is -2.46. The third kappa shape index (κ3) is 3.13. The van der Waals surface area contributed by atoms with Gasteiger partial charge in [-0.2, -0.15) is 0 Å². The van der Waals surface area contributed by atoms with Crippen LogP contribution in [0.15, 0.2) is 18.2 Å². The molecule has 1 aromatic carbocycles. The molecule has 0 saturated carbocycles. The van der Waals surface area contributed by atoms with Gasteiger partial charge in [-0.15, -0.1) is 0 Å². The molecule has 1 fully saturated rings. The van der Waals surface area contributed by atoms with Gasteiger partial charge in [0.1, 0.15) is 5.82 Å². The van der Waals surface area contributed by atoms with Crippen LogP contribution in [0.2, 0.25) is 0 Å². The number of halogens is 1. The molecule has 0 aliphatic carbocycles. The Labute approximate surface area is 121 Å². The number of morpholine rings is 1. The summed E-state index contributed by atoms with van der Waals surface area (Å²) >= 11 is 0. The van der Waals surface area contributed by atoms with Crippen molar-refractivity contribution in [1.82, 2.24) is 5.32 Å². The van der Waals surface area contributed by atoms with Gasteiger partial charge in [-0.05, 0) is 32.0 Å². The van der Waals surface area contributed by atoms with E-state index in [1.807, 2.05) is 19.9 Å². The minimum absolute atomic E-state index is 0.0107. The Morgan fingerprint density at radius 1 is 1.45 bits per heavy atom. The maximum atomic E-state index is 14.3. The largest absolute Gasteiger partial charge is 0.377 e. The summed E-state index contributed by atoms with van der Waals surface area (Å²) < 4.78 is 19.9. The molecule has 112 valence electrons. The summed E-state index contributed by atoms with van der Waals surface area (Å²) in [4.78, 5) is 2.30. The summed E-state index contributed by atoms with van der Waals surface area (Å²) in [6.07, 6.45) is 1.01. The van der Waals surface area contributed by atoms with Gasteiger partial charge < -0.3 is 15.0 Å². The summed E-state index contributed by atoms with van der Waals surface area (Å²) in [5.41, 5.74) is 1.78. The summed E-state index contributed by atoms with van der Waals surface area (Å²) in [6, 6.07) is 5.72. The van der Waals surface area contributed by atoms with E-state index in [0.29, 0.717) is 12.6 Å². The molecule has 0 radical (unpaired) electrons. The second-order valence-corrected chi connectivity index (χ2v) is 5.28. The third-order valence-electron chi connectivity index (χ3n) is 3.98. The van der Waals surface area contributed by atoms with Crippen molar-refractivity contribution in [3.05, 3.63) is 29.6 Å². The van der Waals surface area contributed by atoms with Crippen LogP contribution < -0.4 is 10.2 Å². The fourth-order valence-corrected chi connectivity index (χ4v) is 2.92. The van der Waals surface area contributed by atoms with E-state index >= 15 is 0 Å². The first-order chi connectivity index (χ1) is 9.69. The maximum Gasteiger partial charge on any atom is 0.130 e. The van der Waals surface area contributed by atoms with Crippen LogP contribution in [0, 0.1) is 5.82 Å². The maximum absolute atomic E-state index is 14.3. The van der Waals surface area contributed by atoms with E-state index in [-0.39, 0.29) is 11.9 Å². The Morgan fingerprint density at radius 2 is 2.25 bits per heavy atom. The van der Waals surface area contributed by atoms with Crippen molar-refractivity contribution in [3.63, 3.8) is 0 Å². The topological polar surface area (TPSA) is 24.5 Å².